The number of pyridine rings is 1. The summed E-state index contributed by atoms with van der Waals surface area (Å²) in [7, 11) is 0. The Morgan fingerprint density at radius 3 is 2.88 bits per heavy atom. The highest BCUT2D eigenvalue weighted by Crippen LogP contribution is 2.36. The number of nitrogens with zero attached hydrogens (tertiary/aromatic N) is 2. The summed E-state index contributed by atoms with van der Waals surface area (Å²) in [6, 6.07) is 9.82. The zero-order valence-electron chi connectivity index (χ0n) is 13.6. The van der Waals surface area contributed by atoms with Gasteiger partial charge in [0.05, 0.1) is 6.61 Å². The van der Waals surface area contributed by atoms with Crippen molar-refractivity contribution in [1.82, 2.24) is 4.98 Å². The Morgan fingerprint density at radius 2 is 2.08 bits per heavy atom. The second-order valence-electron chi connectivity index (χ2n) is 5.94. The SMILES string of the molecule is N#Cc1c(N)nc2c(c1-c1cccc(OCCO)c1)CCCCC2. The van der Waals surface area contributed by atoms with E-state index in [2.05, 4.69) is 11.1 Å². The van der Waals surface area contributed by atoms with Crippen molar-refractivity contribution in [2.75, 3.05) is 18.9 Å². The number of hydrogen-bond donors (Lipinski definition) is 2. The first kappa shape index (κ1) is 16.3. The van der Waals surface area contributed by atoms with Crippen LogP contribution in [0.3, 0.4) is 0 Å². The largest absolute Gasteiger partial charge is 0.491 e. The molecule has 1 aliphatic carbocycles. The van der Waals surface area contributed by atoms with Crippen molar-refractivity contribution in [1.29, 1.82) is 5.26 Å². The topological polar surface area (TPSA) is 92.2 Å². The number of aromatic nitrogens is 1. The highest BCUT2D eigenvalue weighted by atomic mass is 16.5. The first-order valence-corrected chi connectivity index (χ1v) is 8.30. The van der Waals surface area contributed by atoms with E-state index in [1.54, 1.807) is 0 Å². The molecule has 2 aromatic rings. The zero-order valence-corrected chi connectivity index (χ0v) is 13.6. The Bertz CT molecular complexity index is 781. The minimum atomic E-state index is -0.0364. The summed E-state index contributed by atoms with van der Waals surface area (Å²) in [5, 5.41) is 18.5. The third-order valence-corrected chi connectivity index (χ3v) is 4.35. The molecule has 1 aromatic heterocycles. The van der Waals surface area contributed by atoms with Gasteiger partial charge in [0.25, 0.3) is 0 Å². The molecule has 0 fully saturated rings. The van der Waals surface area contributed by atoms with Gasteiger partial charge in [-0.15, -0.1) is 0 Å². The van der Waals surface area contributed by atoms with Crippen LogP contribution >= 0.6 is 0 Å². The maximum Gasteiger partial charge on any atom is 0.142 e. The molecule has 0 bridgehead atoms. The predicted octanol–water partition coefficient (Wildman–Crippen LogP) is 2.84. The van der Waals surface area contributed by atoms with Crippen molar-refractivity contribution in [2.45, 2.75) is 32.1 Å². The van der Waals surface area contributed by atoms with Gasteiger partial charge in [-0.1, -0.05) is 18.6 Å². The van der Waals surface area contributed by atoms with E-state index in [9.17, 15) is 5.26 Å². The van der Waals surface area contributed by atoms with E-state index in [0.29, 0.717) is 17.1 Å². The lowest BCUT2D eigenvalue weighted by molar-refractivity contribution is 0.201. The third-order valence-electron chi connectivity index (χ3n) is 4.35. The fourth-order valence-electron chi connectivity index (χ4n) is 3.28. The van der Waals surface area contributed by atoms with Gasteiger partial charge in [0.15, 0.2) is 0 Å². The van der Waals surface area contributed by atoms with Gasteiger partial charge in [0.2, 0.25) is 0 Å². The van der Waals surface area contributed by atoms with Gasteiger partial charge >= 0.3 is 0 Å². The molecule has 0 amide bonds. The van der Waals surface area contributed by atoms with Crippen LogP contribution in [0.4, 0.5) is 5.82 Å². The molecule has 5 heteroatoms. The Hall–Kier alpha value is -2.58. The van der Waals surface area contributed by atoms with Gasteiger partial charge in [-0.25, -0.2) is 4.98 Å². The zero-order chi connectivity index (χ0) is 16.9. The molecule has 1 aromatic carbocycles. The number of ether oxygens (including phenoxy) is 1. The van der Waals surface area contributed by atoms with Gasteiger partial charge < -0.3 is 15.6 Å². The first-order valence-electron chi connectivity index (χ1n) is 8.30. The van der Waals surface area contributed by atoms with Crippen molar-refractivity contribution in [3.8, 4) is 22.9 Å². The standard InChI is InChI=1S/C19H21N3O2/c20-12-16-18(13-5-4-6-14(11-13)24-10-9-23)15-7-2-1-3-8-17(15)22-19(16)21/h4-6,11,23H,1-3,7-10H2,(H2,21,22). The van der Waals surface area contributed by atoms with E-state index >= 15 is 0 Å². The maximum absolute atomic E-state index is 9.61. The van der Waals surface area contributed by atoms with Crippen LogP contribution in [-0.2, 0) is 12.8 Å². The molecule has 124 valence electrons. The molecule has 3 N–H and O–H groups in total. The first-order chi connectivity index (χ1) is 11.7. The van der Waals surface area contributed by atoms with Gasteiger partial charge in [-0.3, -0.25) is 0 Å². The van der Waals surface area contributed by atoms with Crippen molar-refractivity contribution in [3.05, 3.63) is 41.1 Å². The number of hydrogen-bond acceptors (Lipinski definition) is 5. The average molecular weight is 323 g/mol. The highest BCUT2D eigenvalue weighted by molar-refractivity contribution is 5.79. The molecule has 1 aliphatic rings. The Morgan fingerprint density at radius 1 is 1.25 bits per heavy atom. The van der Waals surface area contributed by atoms with Crippen molar-refractivity contribution < 1.29 is 9.84 Å². The lowest BCUT2D eigenvalue weighted by Gasteiger charge is -2.16. The molecule has 0 radical (unpaired) electrons. The number of nitrogens with two attached hydrogens (primary N) is 1. The summed E-state index contributed by atoms with van der Waals surface area (Å²) in [4.78, 5) is 4.49. The molecule has 0 unspecified atom stereocenters. The summed E-state index contributed by atoms with van der Waals surface area (Å²) >= 11 is 0. The van der Waals surface area contributed by atoms with Crippen LogP contribution in [0.15, 0.2) is 24.3 Å². The van der Waals surface area contributed by atoms with Gasteiger partial charge in [0.1, 0.15) is 29.8 Å². The second kappa shape index (κ2) is 7.33. The molecule has 5 nitrogen and oxygen atoms in total. The molecule has 0 spiro atoms. The van der Waals surface area contributed by atoms with Crippen LogP contribution < -0.4 is 10.5 Å². The maximum atomic E-state index is 9.61. The van der Waals surface area contributed by atoms with E-state index in [1.807, 2.05) is 24.3 Å². The molecular weight excluding hydrogens is 302 g/mol. The van der Waals surface area contributed by atoms with Crippen molar-refractivity contribution in [2.24, 2.45) is 0 Å². The molecule has 0 atom stereocenters. The number of aryl methyl sites for hydroxylation is 1. The summed E-state index contributed by atoms with van der Waals surface area (Å²) in [6.07, 6.45) is 5.17. The molecule has 1 heterocycles. The fourth-order valence-corrected chi connectivity index (χ4v) is 3.28. The van der Waals surface area contributed by atoms with Crippen LogP contribution in [0, 0.1) is 11.3 Å². The molecule has 0 saturated carbocycles. The van der Waals surface area contributed by atoms with Crippen LogP contribution in [0.5, 0.6) is 5.75 Å². The number of nitrogen functional groups attached to an aromatic ring is 1. The van der Waals surface area contributed by atoms with E-state index in [-0.39, 0.29) is 13.2 Å². The summed E-state index contributed by atoms with van der Waals surface area (Å²) < 4.78 is 5.51. The minimum absolute atomic E-state index is 0.0364. The number of aliphatic hydroxyl groups excluding tert-OH is 1. The fraction of sp³-hybridized carbons (Fsp3) is 0.368. The highest BCUT2D eigenvalue weighted by Gasteiger charge is 2.21. The van der Waals surface area contributed by atoms with Crippen molar-refractivity contribution >= 4 is 5.82 Å². The summed E-state index contributed by atoms with van der Waals surface area (Å²) in [6.45, 7) is 0.205. The third kappa shape index (κ3) is 3.19. The summed E-state index contributed by atoms with van der Waals surface area (Å²) in [5.41, 5.74) is 10.5. The molecular formula is C19H21N3O2. The normalized spacial score (nSPS) is 13.7. The van der Waals surface area contributed by atoms with E-state index < -0.39 is 0 Å². The number of anilines is 1. The predicted molar refractivity (Wildman–Crippen MR) is 92.6 cm³/mol. The van der Waals surface area contributed by atoms with E-state index in [4.69, 9.17) is 15.6 Å². The Balaban J connectivity index is 2.16. The average Bonchev–Trinajstić information content (AvgIpc) is 2.84. The number of fused-ring (bicyclic) bond motifs is 1. The Labute approximate surface area is 141 Å². The number of benzene rings is 1. The monoisotopic (exact) mass is 323 g/mol. The number of rotatable bonds is 4. The quantitative estimate of drug-likeness (QED) is 0.844. The van der Waals surface area contributed by atoms with Gasteiger partial charge in [-0.05, 0) is 48.9 Å². The molecule has 0 saturated heterocycles. The Kier molecular flexibility index (Phi) is 4.97. The minimum Gasteiger partial charge on any atom is -0.491 e. The number of nitriles is 1. The van der Waals surface area contributed by atoms with E-state index in [1.165, 1.54) is 0 Å². The lowest BCUT2D eigenvalue weighted by atomic mass is 9.91. The number of aliphatic hydroxyl groups is 1. The smallest absolute Gasteiger partial charge is 0.142 e. The second-order valence-corrected chi connectivity index (χ2v) is 5.94. The van der Waals surface area contributed by atoms with Crippen LogP contribution in [0.25, 0.3) is 11.1 Å². The molecule has 24 heavy (non-hydrogen) atoms. The summed E-state index contributed by atoms with van der Waals surface area (Å²) in [5.74, 6) is 0.970. The van der Waals surface area contributed by atoms with Gasteiger partial charge in [-0.2, -0.15) is 5.26 Å². The molecule has 0 aliphatic heterocycles. The van der Waals surface area contributed by atoms with Crippen LogP contribution in [0.1, 0.15) is 36.1 Å². The van der Waals surface area contributed by atoms with Crippen LogP contribution in [0.2, 0.25) is 0 Å². The van der Waals surface area contributed by atoms with E-state index in [0.717, 1.165) is 54.5 Å². The lowest BCUT2D eigenvalue weighted by Crippen LogP contribution is -2.07. The van der Waals surface area contributed by atoms with Crippen LogP contribution in [-0.4, -0.2) is 23.3 Å². The van der Waals surface area contributed by atoms with Crippen molar-refractivity contribution in [3.63, 3.8) is 0 Å². The van der Waals surface area contributed by atoms with Gasteiger partial charge in [0, 0.05) is 11.3 Å². The molecule has 3 rings (SSSR count).